The molecule has 118 valence electrons. The van der Waals surface area contributed by atoms with Gasteiger partial charge in [-0.25, -0.2) is 0 Å². The molecule has 0 radical (unpaired) electrons. The minimum absolute atomic E-state index is 0.393. The number of para-hydroxylation sites is 1. The van der Waals surface area contributed by atoms with Gasteiger partial charge in [0.2, 0.25) is 0 Å². The van der Waals surface area contributed by atoms with Crippen molar-refractivity contribution < 1.29 is 4.74 Å². The van der Waals surface area contributed by atoms with Gasteiger partial charge < -0.3 is 10.1 Å². The van der Waals surface area contributed by atoms with Crippen LogP contribution in [0.3, 0.4) is 0 Å². The molecule has 0 heterocycles. The van der Waals surface area contributed by atoms with E-state index in [2.05, 4.69) is 48.3 Å². The molecule has 1 aliphatic carbocycles. The van der Waals surface area contributed by atoms with Crippen molar-refractivity contribution in [2.24, 2.45) is 5.92 Å². The highest BCUT2D eigenvalue weighted by Gasteiger charge is 2.18. The van der Waals surface area contributed by atoms with Gasteiger partial charge in [0, 0.05) is 17.4 Å². The Balaban J connectivity index is 1.93. The molecule has 1 fully saturated rings. The Labute approximate surface area is 134 Å². The third kappa shape index (κ3) is 5.23. The van der Waals surface area contributed by atoms with Crippen molar-refractivity contribution in [2.45, 2.75) is 45.6 Å². The third-order valence-corrected chi connectivity index (χ3v) is 5.43. The van der Waals surface area contributed by atoms with Gasteiger partial charge >= 0.3 is 0 Å². The third-order valence-electron chi connectivity index (χ3n) is 4.16. The molecule has 3 heteroatoms. The van der Waals surface area contributed by atoms with Crippen LogP contribution in [0.1, 0.15) is 51.1 Å². The van der Waals surface area contributed by atoms with Crippen molar-refractivity contribution in [1.82, 2.24) is 5.32 Å². The molecule has 0 amide bonds. The maximum absolute atomic E-state index is 5.79. The van der Waals surface area contributed by atoms with Gasteiger partial charge in [-0.3, -0.25) is 0 Å². The molecule has 1 unspecified atom stereocenters. The molecule has 0 bridgehead atoms. The van der Waals surface area contributed by atoms with E-state index in [1.807, 2.05) is 6.92 Å². The molecule has 1 saturated carbocycles. The number of hydrogen-bond donors (Lipinski definition) is 1. The minimum Gasteiger partial charge on any atom is -0.494 e. The van der Waals surface area contributed by atoms with Crippen molar-refractivity contribution in [3.8, 4) is 5.75 Å². The summed E-state index contributed by atoms with van der Waals surface area (Å²) in [6, 6.07) is 8.86. The van der Waals surface area contributed by atoms with Crippen LogP contribution in [-0.4, -0.2) is 24.7 Å². The van der Waals surface area contributed by atoms with Crippen LogP contribution in [0.4, 0.5) is 0 Å². The van der Waals surface area contributed by atoms with Crippen LogP contribution < -0.4 is 10.1 Å². The number of ether oxygens (including phenoxy) is 1. The fourth-order valence-electron chi connectivity index (χ4n) is 3.09. The van der Waals surface area contributed by atoms with Crippen LogP contribution in [0, 0.1) is 5.92 Å². The number of thioether (sulfide) groups is 1. The van der Waals surface area contributed by atoms with Gasteiger partial charge in [0.1, 0.15) is 5.75 Å². The zero-order chi connectivity index (χ0) is 14.9. The van der Waals surface area contributed by atoms with Gasteiger partial charge in [0.25, 0.3) is 0 Å². The second kappa shape index (κ2) is 9.37. The van der Waals surface area contributed by atoms with Crippen LogP contribution in [0.5, 0.6) is 5.75 Å². The van der Waals surface area contributed by atoms with Crippen LogP contribution in [0.2, 0.25) is 0 Å². The van der Waals surface area contributed by atoms with Crippen molar-refractivity contribution in [3.05, 3.63) is 29.8 Å². The van der Waals surface area contributed by atoms with Crippen LogP contribution in [0.15, 0.2) is 24.3 Å². The number of benzene rings is 1. The lowest BCUT2D eigenvalue weighted by Crippen LogP contribution is -2.24. The molecule has 1 N–H and O–H groups in total. The summed E-state index contributed by atoms with van der Waals surface area (Å²) in [5.74, 6) is 4.44. The van der Waals surface area contributed by atoms with Gasteiger partial charge in [-0.1, -0.05) is 38.0 Å². The topological polar surface area (TPSA) is 21.3 Å². The van der Waals surface area contributed by atoms with E-state index >= 15 is 0 Å². The highest BCUT2D eigenvalue weighted by atomic mass is 32.2. The van der Waals surface area contributed by atoms with Gasteiger partial charge in [0.05, 0.1) is 6.61 Å². The standard InChI is InChI=1S/C18H29NOS/c1-3-19-17(14-21-13-15-9-5-6-10-15)16-11-7-8-12-18(16)20-4-2/h7-8,11-12,15,17,19H,3-6,9-10,13-14H2,1-2H3. The second-order valence-electron chi connectivity index (χ2n) is 5.77. The minimum atomic E-state index is 0.393. The second-order valence-corrected chi connectivity index (χ2v) is 6.84. The Morgan fingerprint density at radius 1 is 1.24 bits per heavy atom. The van der Waals surface area contributed by atoms with E-state index < -0.39 is 0 Å². The quantitative estimate of drug-likeness (QED) is 0.717. The highest BCUT2D eigenvalue weighted by molar-refractivity contribution is 7.99. The van der Waals surface area contributed by atoms with E-state index in [0.717, 1.165) is 30.6 Å². The fourth-order valence-corrected chi connectivity index (χ4v) is 4.43. The van der Waals surface area contributed by atoms with Gasteiger partial charge in [0.15, 0.2) is 0 Å². The lowest BCUT2D eigenvalue weighted by molar-refractivity contribution is 0.333. The Hall–Kier alpha value is -0.670. The summed E-state index contributed by atoms with van der Waals surface area (Å²) >= 11 is 2.10. The van der Waals surface area contributed by atoms with Crippen LogP contribution in [-0.2, 0) is 0 Å². The van der Waals surface area contributed by atoms with E-state index in [4.69, 9.17) is 4.74 Å². The SMILES string of the molecule is CCNC(CSCC1CCCC1)c1ccccc1OCC. The van der Waals surface area contributed by atoms with E-state index in [1.54, 1.807) is 0 Å². The predicted molar refractivity (Wildman–Crippen MR) is 93.3 cm³/mol. The first-order chi connectivity index (χ1) is 10.3. The van der Waals surface area contributed by atoms with E-state index in [0.29, 0.717) is 6.04 Å². The molecule has 0 aromatic heterocycles. The summed E-state index contributed by atoms with van der Waals surface area (Å²) in [5, 5.41) is 3.62. The monoisotopic (exact) mass is 307 g/mol. The smallest absolute Gasteiger partial charge is 0.124 e. The summed E-state index contributed by atoms with van der Waals surface area (Å²) in [6.45, 7) is 5.95. The zero-order valence-corrected chi connectivity index (χ0v) is 14.3. The van der Waals surface area contributed by atoms with Gasteiger partial charge in [-0.15, -0.1) is 0 Å². The number of nitrogens with one attached hydrogen (secondary N) is 1. The summed E-state index contributed by atoms with van der Waals surface area (Å²) in [6.07, 6.45) is 5.76. The normalized spacial score (nSPS) is 17.0. The van der Waals surface area contributed by atoms with E-state index in [9.17, 15) is 0 Å². The Morgan fingerprint density at radius 3 is 2.71 bits per heavy atom. The summed E-state index contributed by atoms with van der Waals surface area (Å²) < 4.78 is 5.79. The van der Waals surface area contributed by atoms with Crippen molar-refractivity contribution in [3.63, 3.8) is 0 Å². The van der Waals surface area contributed by atoms with Gasteiger partial charge in [-0.05, 0) is 44.0 Å². The maximum Gasteiger partial charge on any atom is 0.124 e. The number of hydrogen-bond acceptors (Lipinski definition) is 3. The van der Waals surface area contributed by atoms with Crippen LogP contribution >= 0.6 is 11.8 Å². The first kappa shape index (κ1) is 16.7. The Kier molecular flexibility index (Phi) is 7.45. The molecular weight excluding hydrogens is 278 g/mol. The van der Waals surface area contributed by atoms with Crippen molar-refractivity contribution in [1.29, 1.82) is 0 Å². The first-order valence-electron chi connectivity index (χ1n) is 8.38. The molecule has 2 nitrogen and oxygen atoms in total. The Bertz CT molecular complexity index is 404. The summed E-state index contributed by atoms with van der Waals surface area (Å²) in [5.41, 5.74) is 1.31. The molecule has 0 saturated heterocycles. The lowest BCUT2D eigenvalue weighted by Gasteiger charge is -2.21. The maximum atomic E-state index is 5.79. The molecule has 21 heavy (non-hydrogen) atoms. The molecule has 0 aliphatic heterocycles. The average Bonchev–Trinajstić information content (AvgIpc) is 3.01. The van der Waals surface area contributed by atoms with Crippen molar-refractivity contribution in [2.75, 3.05) is 24.7 Å². The van der Waals surface area contributed by atoms with Crippen molar-refractivity contribution >= 4 is 11.8 Å². The number of rotatable bonds is 9. The van der Waals surface area contributed by atoms with Crippen LogP contribution in [0.25, 0.3) is 0 Å². The zero-order valence-electron chi connectivity index (χ0n) is 13.4. The molecule has 2 rings (SSSR count). The molecule has 0 spiro atoms. The largest absolute Gasteiger partial charge is 0.494 e. The van der Waals surface area contributed by atoms with E-state index in [1.165, 1.54) is 37.0 Å². The molecule has 1 aromatic rings. The molecule has 1 aromatic carbocycles. The van der Waals surface area contributed by atoms with Gasteiger partial charge in [-0.2, -0.15) is 11.8 Å². The molecule has 1 atom stereocenters. The predicted octanol–water partition coefficient (Wildman–Crippen LogP) is 4.66. The molecule has 1 aliphatic rings. The first-order valence-corrected chi connectivity index (χ1v) is 9.53. The fraction of sp³-hybridized carbons (Fsp3) is 0.667. The summed E-state index contributed by atoms with van der Waals surface area (Å²) in [4.78, 5) is 0. The lowest BCUT2D eigenvalue weighted by atomic mass is 10.1. The highest BCUT2D eigenvalue weighted by Crippen LogP contribution is 2.31. The molecular formula is C18H29NOS. The Morgan fingerprint density at radius 2 is 2.00 bits per heavy atom. The summed E-state index contributed by atoms with van der Waals surface area (Å²) in [7, 11) is 0. The average molecular weight is 308 g/mol. The van der Waals surface area contributed by atoms with E-state index in [-0.39, 0.29) is 0 Å².